The number of nitrogens with zero attached hydrogens (tertiary/aromatic N) is 2. The zero-order valence-electron chi connectivity index (χ0n) is 14.8. The summed E-state index contributed by atoms with van der Waals surface area (Å²) in [4.78, 5) is 18.9. The summed E-state index contributed by atoms with van der Waals surface area (Å²) in [6.45, 7) is 5.25. The first kappa shape index (κ1) is 18.9. The van der Waals surface area contributed by atoms with E-state index in [-0.39, 0.29) is 24.3 Å². The normalized spacial score (nSPS) is 16.0. The van der Waals surface area contributed by atoms with Crippen LogP contribution in [0.1, 0.15) is 37.4 Å². The third-order valence-electron chi connectivity index (χ3n) is 4.69. The highest BCUT2D eigenvalue weighted by Gasteiger charge is 2.17. The van der Waals surface area contributed by atoms with Crippen LogP contribution in [0.3, 0.4) is 0 Å². The summed E-state index contributed by atoms with van der Waals surface area (Å²) in [6, 6.07) is 3.28. The van der Waals surface area contributed by atoms with Gasteiger partial charge in [0, 0.05) is 18.3 Å². The summed E-state index contributed by atoms with van der Waals surface area (Å²) < 4.78 is 26.7. The minimum Gasteiger partial charge on any atom is -0.302 e. The molecular weight excluding hydrogens is 356 g/mol. The standard InChI is InChI=1S/C19H23F2N3OS/c1-13-6-8-24(9-7-13)11-16-12-26-19(22-16)23-18(25)5-2-14-10-15(20)3-4-17(14)21/h3-4,10,12-13H,2,5-9,11H2,1H3,(H,22,23,25). The maximum absolute atomic E-state index is 13.6. The fourth-order valence-electron chi connectivity index (χ4n) is 3.05. The molecule has 26 heavy (non-hydrogen) atoms. The van der Waals surface area contributed by atoms with Gasteiger partial charge < -0.3 is 5.32 Å². The molecule has 0 saturated carbocycles. The summed E-state index contributed by atoms with van der Waals surface area (Å²) >= 11 is 1.39. The number of rotatable bonds is 6. The largest absolute Gasteiger partial charge is 0.302 e. The number of hydrogen-bond donors (Lipinski definition) is 1. The molecule has 0 spiro atoms. The Morgan fingerprint density at radius 2 is 2.12 bits per heavy atom. The number of carbonyl (C=O) groups excluding carboxylic acids is 1. The van der Waals surface area contributed by atoms with Gasteiger partial charge in [0.1, 0.15) is 11.6 Å². The second-order valence-electron chi connectivity index (χ2n) is 6.89. The Bertz CT molecular complexity index is 757. The van der Waals surface area contributed by atoms with Gasteiger partial charge >= 0.3 is 0 Å². The molecule has 1 saturated heterocycles. The average molecular weight is 379 g/mol. The quantitative estimate of drug-likeness (QED) is 0.817. The van der Waals surface area contributed by atoms with Crippen molar-refractivity contribution >= 4 is 22.4 Å². The number of aromatic nitrogens is 1. The van der Waals surface area contributed by atoms with Gasteiger partial charge in [-0.15, -0.1) is 11.3 Å². The fourth-order valence-corrected chi connectivity index (χ4v) is 3.77. The Morgan fingerprint density at radius 1 is 1.35 bits per heavy atom. The lowest BCUT2D eigenvalue weighted by molar-refractivity contribution is -0.116. The van der Waals surface area contributed by atoms with Crippen LogP contribution in [0.15, 0.2) is 23.6 Å². The molecule has 2 aromatic rings. The van der Waals surface area contributed by atoms with E-state index in [2.05, 4.69) is 22.1 Å². The number of anilines is 1. The SMILES string of the molecule is CC1CCN(Cc2csc(NC(=O)CCc3cc(F)ccc3F)n2)CC1. The van der Waals surface area contributed by atoms with Gasteiger partial charge in [-0.25, -0.2) is 13.8 Å². The van der Waals surface area contributed by atoms with Crippen LogP contribution in [0.25, 0.3) is 0 Å². The van der Waals surface area contributed by atoms with E-state index in [0.29, 0.717) is 5.13 Å². The highest BCUT2D eigenvalue weighted by molar-refractivity contribution is 7.13. The van der Waals surface area contributed by atoms with Crippen LogP contribution >= 0.6 is 11.3 Å². The molecule has 0 bridgehead atoms. The number of benzene rings is 1. The van der Waals surface area contributed by atoms with E-state index in [1.54, 1.807) is 0 Å². The van der Waals surface area contributed by atoms with E-state index < -0.39 is 11.6 Å². The van der Waals surface area contributed by atoms with Gasteiger partial charge in [0.25, 0.3) is 0 Å². The minimum absolute atomic E-state index is 0.0826. The van der Waals surface area contributed by atoms with Crippen LogP contribution in [0.2, 0.25) is 0 Å². The first-order chi connectivity index (χ1) is 12.5. The van der Waals surface area contributed by atoms with E-state index in [1.807, 2.05) is 5.38 Å². The Morgan fingerprint density at radius 3 is 2.88 bits per heavy atom. The number of halogens is 2. The number of piperidine rings is 1. The van der Waals surface area contributed by atoms with E-state index in [4.69, 9.17) is 0 Å². The van der Waals surface area contributed by atoms with Crippen molar-refractivity contribution in [1.82, 2.24) is 9.88 Å². The van der Waals surface area contributed by atoms with Crippen molar-refractivity contribution in [2.75, 3.05) is 18.4 Å². The Labute approximate surface area is 156 Å². The van der Waals surface area contributed by atoms with Crippen molar-refractivity contribution in [3.63, 3.8) is 0 Å². The molecule has 1 fully saturated rings. The van der Waals surface area contributed by atoms with Gasteiger partial charge in [-0.05, 0) is 62.0 Å². The maximum atomic E-state index is 13.6. The highest BCUT2D eigenvalue weighted by Crippen LogP contribution is 2.21. The van der Waals surface area contributed by atoms with Crippen molar-refractivity contribution < 1.29 is 13.6 Å². The monoisotopic (exact) mass is 379 g/mol. The van der Waals surface area contributed by atoms with Crippen molar-refractivity contribution in [2.45, 2.75) is 39.2 Å². The lowest BCUT2D eigenvalue weighted by atomic mass is 9.99. The van der Waals surface area contributed by atoms with Crippen LogP contribution in [-0.4, -0.2) is 28.9 Å². The molecule has 0 radical (unpaired) electrons. The lowest BCUT2D eigenvalue weighted by Gasteiger charge is -2.29. The zero-order chi connectivity index (χ0) is 18.5. The van der Waals surface area contributed by atoms with Crippen LogP contribution in [-0.2, 0) is 17.8 Å². The van der Waals surface area contributed by atoms with E-state index in [1.165, 1.54) is 24.2 Å². The summed E-state index contributed by atoms with van der Waals surface area (Å²) in [5.41, 5.74) is 1.16. The van der Waals surface area contributed by atoms with E-state index >= 15 is 0 Å². The molecule has 0 aliphatic carbocycles. The number of hydrogen-bond acceptors (Lipinski definition) is 4. The minimum atomic E-state index is -0.501. The number of amides is 1. The molecule has 4 nitrogen and oxygen atoms in total. The predicted molar refractivity (Wildman–Crippen MR) is 99.1 cm³/mol. The molecule has 7 heteroatoms. The van der Waals surface area contributed by atoms with E-state index in [9.17, 15) is 13.6 Å². The maximum Gasteiger partial charge on any atom is 0.226 e. The third kappa shape index (κ3) is 5.32. The Balaban J connectivity index is 1.47. The third-order valence-corrected chi connectivity index (χ3v) is 5.50. The zero-order valence-corrected chi connectivity index (χ0v) is 15.6. The predicted octanol–water partition coefficient (Wildman–Crippen LogP) is 4.22. The number of nitrogens with one attached hydrogen (secondary N) is 1. The second-order valence-corrected chi connectivity index (χ2v) is 7.74. The number of carbonyl (C=O) groups is 1. The van der Waals surface area contributed by atoms with Gasteiger partial charge in [0.2, 0.25) is 5.91 Å². The van der Waals surface area contributed by atoms with Gasteiger partial charge in [-0.1, -0.05) is 6.92 Å². The van der Waals surface area contributed by atoms with Crippen LogP contribution in [0, 0.1) is 17.6 Å². The topological polar surface area (TPSA) is 45.2 Å². The molecule has 1 aromatic heterocycles. The van der Waals surface area contributed by atoms with Crippen LogP contribution in [0.5, 0.6) is 0 Å². The number of thiazole rings is 1. The molecule has 2 heterocycles. The average Bonchev–Trinajstić information content (AvgIpc) is 3.04. The molecule has 1 aromatic carbocycles. The van der Waals surface area contributed by atoms with Crippen LogP contribution < -0.4 is 5.32 Å². The molecule has 0 atom stereocenters. The molecular formula is C19H23F2N3OS. The molecule has 3 rings (SSSR count). The van der Waals surface area contributed by atoms with Gasteiger partial charge in [0.05, 0.1) is 5.69 Å². The highest BCUT2D eigenvalue weighted by atomic mass is 32.1. The van der Waals surface area contributed by atoms with Crippen molar-refractivity contribution in [1.29, 1.82) is 0 Å². The van der Waals surface area contributed by atoms with Crippen molar-refractivity contribution in [3.05, 3.63) is 46.5 Å². The smallest absolute Gasteiger partial charge is 0.226 e. The van der Waals surface area contributed by atoms with Crippen LogP contribution in [0.4, 0.5) is 13.9 Å². The van der Waals surface area contributed by atoms with Gasteiger partial charge in [0.15, 0.2) is 5.13 Å². The van der Waals surface area contributed by atoms with Crippen molar-refractivity contribution in [2.24, 2.45) is 5.92 Å². The first-order valence-electron chi connectivity index (χ1n) is 8.90. The first-order valence-corrected chi connectivity index (χ1v) is 9.78. The molecule has 1 amide bonds. The molecule has 140 valence electrons. The number of aryl methyl sites for hydroxylation is 1. The summed E-state index contributed by atoms with van der Waals surface area (Å²) in [5.74, 6) is -0.453. The molecule has 1 aliphatic rings. The fraction of sp³-hybridized carbons (Fsp3) is 0.474. The summed E-state index contributed by atoms with van der Waals surface area (Å²) in [7, 11) is 0. The molecule has 1 N–H and O–H groups in total. The number of likely N-dealkylation sites (tertiary alicyclic amines) is 1. The summed E-state index contributed by atoms with van der Waals surface area (Å²) in [6.07, 6.45) is 2.66. The lowest BCUT2D eigenvalue weighted by Crippen LogP contribution is -2.32. The van der Waals surface area contributed by atoms with Gasteiger partial charge in [-0.2, -0.15) is 0 Å². The molecule has 0 unspecified atom stereocenters. The molecule has 1 aliphatic heterocycles. The van der Waals surface area contributed by atoms with Crippen molar-refractivity contribution in [3.8, 4) is 0 Å². The Kier molecular flexibility index (Phi) is 6.32. The summed E-state index contributed by atoms with van der Waals surface area (Å²) in [5, 5.41) is 5.25. The second kappa shape index (κ2) is 8.68. The van der Waals surface area contributed by atoms with Gasteiger partial charge in [-0.3, -0.25) is 9.69 Å². The Hall–Kier alpha value is -1.86. The van der Waals surface area contributed by atoms with E-state index in [0.717, 1.165) is 49.4 Å².